The minimum atomic E-state index is -0.200. The Hall–Kier alpha value is -3.01. The fraction of sp³-hybridized carbons (Fsp3) is 0.552. The number of amides is 1. The zero-order valence-corrected chi connectivity index (χ0v) is 22.7. The molecule has 1 amide bonds. The number of H-pyrrole nitrogens is 2. The molecule has 0 radical (unpaired) electrons. The number of aromatic nitrogens is 4. The zero-order chi connectivity index (χ0) is 26.4. The Morgan fingerprint density at radius 3 is 2.16 bits per heavy atom. The van der Waals surface area contributed by atoms with Gasteiger partial charge < -0.3 is 24.5 Å². The third-order valence-electron chi connectivity index (χ3n) is 8.17. The van der Waals surface area contributed by atoms with E-state index in [9.17, 15) is 4.79 Å². The van der Waals surface area contributed by atoms with Gasteiger partial charge >= 0.3 is 0 Å². The number of nitrogens with one attached hydrogen (secondary N) is 2. The SMILES string of the molecule is CCC(CC)N1CCC2(CC1)CN(C(=O)c1ccc(CN(Cc3ncc[nH]3)Cc3ncc[nH]3)cc1)CCO2. The summed E-state index contributed by atoms with van der Waals surface area (Å²) in [7, 11) is 0. The zero-order valence-electron chi connectivity index (χ0n) is 22.7. The topological polar surface area (TPSA) is 93.4 Å². The van der Waals surface area contributed by atoms with Crippen molar-refractivity contribution in [1.29, 1.82) is 0 Å². The fourth-order valence-electron chi connectivity index (χ4n) is 5.98. The van der Waals surface area contributed by atoms with E-state index in [1.54, 1.807) is 12.4 Å². The van der Waals surface area contributed by atoms with E-state index in [0.29, 0.717) is 38.8 Å². The van der Waals surface area contributed by atoms with Crippen LogP contribution in [0.1, 0.15) is 67.1 Å². The Labute approximate surface area is 225 Å². The number of likely N-dealkylation sites (tertiary alicyclic amines) is 1. The second kappa shape index (κ2) is 12.2. The fourth-order valence-corrected chi connectivity index (χ4v) is 5.98. The lowest BCUT2D eigenvalue weighted by Crippen LogP contribution is -2.58. The molecule has 9 nitrogen and oxygen atoms in total. The van der Waals surface area contributed by atoms with Gasteiger partial charge in [-0.2, -0.15) is 0 Å². The quantitative estimate of drug-likeness (QED) is 0.423. The molecule has 0 atom stereocenters. The van der Waals surface area contributed by atoms with Crippen LogP contribution >= 0.6 is 0 Å². The first kappa shape index (κ1) is 26.6. The molecule has 38 heavy (non-hydrogen) atoms. The number of benzene rings is 1. The van der Waals surface area contributed by atoms with Gasteiger partial charge in [-0.05, 0) is 43.4 Å². The van der Waals surface area contributed by atoms with Crippen LogP contribution in [0.4, 0.5) is 0 Å². The molecule has 0 bridgehead atoms. The average molecular weight is 520 g/mol. The Morgan fingerprint density at radius 2 is 1.61 bits per heavy atom. The molecule has 4 heterocycles. The van der Waals surface area contributed by atoms with Crippen LogP contribution in [-0.2, 0) is 24.4 Å². The Bertz CT molecular complexity index is 1080. The number of hydrogen-bond donors (Lipinski definition) is 2. The molecule has 2 fully saturated rings. The van der Waals surface area contributed by atoms with E-state index < -0.39 is 0 Å². The van der Waals surface area contributed by atoms with Gasteiger partial charge in [-0.25, -0.2) is 9.97 Å². The number of ether oxygens (including phenoxy) is 1. The van der Waals surface area contributed by atoms with Gasteiger partial charge in [0.1, 0.15) is 11.6 Å². The number of hydrogen-bond acceptors (Lipinski definition) is 6. The lowest BCUT2D eigenvalue weighted by Gasteiger charge is -2.48. The summed E-state index contributed by atoms with van der Waals surface area (Å²) in [6, 6.07) is 8.71. The summed E-state index contributed by atoms with van der Waals surface area (Å²) in [5.41, 5.74) is 1.69. The summed E-state index contributed by atoms with van der Waals surface area (Å²) >= 11 is 0. The standard InChI is InChI=1S/C29H41N7O2/c1-3-25(4-2)35-15-9-29(10-16-35)22-36(17-18-38-29)28(37)24-7-5-23(6-8-24)19-34(20-26-30-11-12-31-26)21-27-32-13-14-33-27/h5-8,11-14,25H,3-4,9-10,15-22H2,1-2H3,(H,30,31)(H,32,33). The highest BCUT2D eigenvalue weighted by Crippen LogP contribution is 2.32. The van der Waals surface area contributed by atoms with Crippen molar-refractivity contribution >= 4 is 5.91 Å². The van der Waals surface area contributed by atoms with Gasteiger partial charge in [0.25, 0.3) is 5.91 Å². The lowest BCUT2D eigenvalue weighted by molar-refractivity contribution is -0.130. The predicted octanol–water partition coefficient (Wildman–Crippen LogP) is 3.83. The summed E-state index contributed by atoms with van der Waals surface area (Å²) in [6.07, 6.45) is 11.6. The van der Waals surface area contributed by atoms with Gasteiger partial charge in [0, 0.05) is 62.6 Å². The van der Waals surface area contributed by atoms with E-state index in [1.807, 2.05) is 29.4 Å². The highest BCUT2D eigenvalue weighted by molar-refractivity contribution is 5.94. The molecule has 0 unspecified atom stereocenters. The highest BCUT2D eigenvalue weighted by atomic mass is 16.5. The average Bonchev–Trinajstić information content (AvgIpc) is 3.65. The maximum atomic E-state index is 13.5. The molecule has 2 aliphatic heterocycles. The van der Waals surface area contributed by atoms with Crippen LogP contribution in [0.2, 0.25) is 0 Å². The third kappa shape index (κ3) is 6.34. The van der Waals surface area contributed by atoms with Crippen molar-refractivity contribution in [2.75, 3.05) is 32.8 Å². The normalized spacial score (nSPS) is 18.1. The summed E-state index contributed by atoms with van der Waals surface area (Å²) in [5, 5.41) is 0. The van der Waals surface area contributed by atoms with Crippen molar-refractivity contribution in [3.8, 4) is 0 Å². The number of imidazole rings is 2. The van der Waals surface area contributed by atoms with Crippen LogP contribution < -0.4 is 0 Å². The molecule has 204 valence electrons. The summed E-state index contributed by atoms with van der Waals surface area (Å²) < 4.78 is 6.33. The van der Waals surface area contributed by atoms with Gasteiger partial charge in [-0.1, -0.05) is 26.0 Å². The molecule has 2 N–H and O–H groups in total. The number of nitrogens with zero attached hydrogens (tertiary/aromatic N) is 5. The largest absolute Gasteiger partial charge is 0.371 e. The summed E-state index contributed by atoms with van der Waals surface area (Å²) in [6.45, 7) is 10.7. The molecule has 5 rings (SSSR count). The Balaban J connectivity index is 1.20. The van der Waals surface area contributed by atoms with E-state index in [2.05, 4.69) is 55.7 Å². The molecule has 2 aliphatic rings. The summed E-state index contributed by atoms with van der Waals surface area (Å²) in [5.74, 6) is 1.93. The van der Waals surface area contributed by atoms with E-state index in [-0.39, 0.29) is 11.5 Å². The predicted molar refractivity (Wildman–Crippen MR) is 146 cm³/mol. The van der Waals surface area contributed by atoms with Crippen LogP contribution in [-0.4, -0.2) is 85.0 Å². The van der Waals surface area contributed by atoms with E-state index >= 15 is 0 Å². The minimum absolute atomic E-state index is 0.102. The molecule has 1 spiro atoms. The van der Waals surface area contributed by atoms with Crippen LogP contribution in [0, 0.1) is 0 Å². The van der Waals surface area contributed by atoms with Crippen molar-refractivity contribution in [2.24, 2.45) is 0 Å². The Morgan fingerprint density at radius 1 is 0.974 bits per heavy atom. The number of aromatic amines is 2. The van der Waals surface area contributed by atoms with Crippen LogP contribution in [0.3, 0.4) is 0 Å². The maximum absolute atomic E-state index is 13.5. The van der Waals surface area contributed by atoms with E-state index in [1.165, 1.54) is 12.8 Å². The number of carbonyl (C=O) groups excluding carboxylic acids is 1. The minimum Gasteiger partial charge on any atom is -0.371 e. The molecule has 0 aliphatic carbocycles. The lowest BCUT2D eigenvalue weighted by atomic mass is 9.88. The van der Waals surface area contributed by atoms with Crippen LogP contribution in [0.5, 0.6) is 0 Å². The monoisotopic (exact) mass is 519 g/mol. The maximum Gasteiger partial charge on any atom is 0.254 e. The second-order valence-corrected chi connectivity index (χ2v) is 10.7. The molecular weight excluding hydrogens is 478 g/mol. The molecule has 1 aromatic carbocycles. The summed E-state index contributed by atoms with van der Waals surface area (Å²) in [4.78, 5) is 35.5. The van der Waals surface area contributed by atoms with Crippen LogP contribution in [0.15, 0.2) is 49.1 Å². The Kier molecular flexibility index (Phi) is 8.56. The van der Waals surface area contributed by atoms with Crippen molar-refractivity contribution in [2.45, 2.75) is 70.8 Å². The van der Waals surface area contributed by atoms with E-state index in [0.717, 1.165) is 55.3 Å². The molecular formula is C29H41N7O2. The second-order valence-electron chi connectivity index (χ2n) is 10.7. The number of rotatable bonds is 10. The van der Waals surface area contributed by atoms with Gasteiger partial charge in [-0.15, -0.1) is 0 Å². The van der Waals surface area contributed by atoms with Crippen molar-refractivity contribution in [3.05, 3.63) is 71.8 Å². The van der Waals surface area contributed by atoms with Gasteiger partial charge in [0.2, 0.25) is 0 Å². The first-order valence-electron chi connectivity index (χ1n) is 14.0. The van der Waals surface area contributed by atoms with Gasteiger partial charge in [0.05, 0.1) is 31.8 Å². The number of piperidine rings is 1. The van der Waals surface area contributed by atoms with Crippen molar-refractivity contribution in [1.82, 2.24) is 34.6 Å². The molecule has 2 saturated heterocycles. The third-order valence-corrected chi connectivity index (χ3v) is 8.17. The first-order valence-corrected chi connectivity index (χ1v) is 14.0. The van der Waals surface area contributed by atoms with Crippen molar-refractivity contribution < 1.29 is 9.53 Å². The van der Waals surface area contributed by atoms with Gasteiger partial charge in [0.15, 0.2) is 0 Å². The number of morpholine rings is 1. The smallest absolute Gasteiger partial charge is 0.254 e. The molecule has 3 aromatic rings. The highest BCUT2D eigenvalue weighted by Gasteiger charge is 2.41. The van der Waals surface area contributed by atoms with E-state index in [4.69, 9.17) is 4.74 Å². The van der Waals surface area contributed by atoms with Crippen molar-refractivity contribution in [3.63, 3.8) is 0 Å². The van der Waals surface area contributed by atoms with Gasteiger partial charge in [-0.3, -0.25) is 9.69 Å². The van der Waals surface area contributed by atoms with Crippen LogP contribution in [0.25, 0.3) is 0 Å². The number of carbonyl (C=O) groups is 1. The molecule has 9 heteroatoms. The molecule has 2 aromatic heterocycles. The molecule has 0 saturated carbocycles. The first-order chi connectivity index (χ1) is 18.6.